The van der Waals surface area contributed by atoms with Crippen LogP contribution in [0, 0.1) is 19.7 Å². The van der Waals surface area contributed by atoms with Crippen LogP contribution in [0.2, 0.25) is 0 Å². The standard InChI is InChI=1S/C28H28FN7O2/c1-18-14-19(2)25-20(15-18)16-24(28(37)30-25)26(27-31-32-33-36(27)17-23-4-3-13-38-23)35-11-9-34(10-12-35)22-7-5-21(29)6-8-22/h3-8,13-16,26H,9-12,17H2,1-2H3,(H,30,37)/t26-/m1/s1. The van der Waals surface area contributed by atoms with E-state index in [0.29, 0.717) is 44.1 Å². The van der Waals surface area contributed by atoms with Gasteiger partial charge in [-0.3, -0.25) is 9.69 Å². The smallest absolute Gasteiger partial charge is 0.253 e. The molecular weight excluding hydrogens is 485 g/mol. The molecule has 0 spiro atoms. The Morgan fingerprint density at radius 2 is 1.84 bits per heavy atom. The Bertz CT molecular complexity index is 1620. The lowest BCUT2D eigenvalue weighted by Crippen LogP contribution is -2.49. The molecule has 0 amide bonds. The third kappa shape index (κ3) is 4.58. The Morgan fingerprint density at radius 1 is 1.05 bits per heavy atom. The average molecular weight is 514 g/mol. The molecule has 194 valence electrons. The SMILES string of the molecule is Cc1cc(C)c2[nH]c(=O)c([C@H](c3nnnn3Cc3ccco3)N3CCN(c4ccc(F)cc4)CC3)cc2c1. The quantitative estimate of drug-likeness (QED) is 0.369. The van der Waals surface area contributed by atoms with Crippen LogP contribution in [-0.4, -0.2) is 56.3 Å². The van der Waals surface area contributed by atoms with Crippen LogP contribution in [0.15, 0.2) is 70.1 Å². The summed E-state index contributed by atoms with van der Waals surface area (Å²) in [5.41, 5.74) is 4.38. The molecule has 38 heavy (non-hydrogen) atoms. The van der Waals surface area contributed by atoms with E-state index < -0.39 is 6.04 Å². The molecule has 6 rings (SSSR count). The van der Waals surface area contributed by atoms with Crippen LogP contribution < -0.4 is 10.5 Å². The van der Waals surface area contributed by atoms with E-state index in [4.69, 9.17) is 4.42 Å². The maximum atomic E-state index is 13.6. The van der Waals surface area contributed by atoms with Crippen molar-refractivity contribution < 1.29 is 8.81 Å². The van der Waals surface area contributed by atoms with E-state index >= 15 is 0 Å². The summed E-state index contributed by atoms with van der Waals surface area (Å²) in [5, 5.41) is 13.6. The molecule has 3 aromatic heterocycles. The van der Waals surface area contributed by atoms with Crippen molar-refractivity contribution in [2.75, 3.05) is 31.1 Å². The number of nitrogens with zero attached hydrogens (tertiary/aromatic N) is 6. The molecule has 1 aliphatic rings. The highest BCUT2D eigenvalue weighted by molar-refractivity contribution is 5.83. The summed E-state index contributed by atoms with van der Waals surface area (Å²) in [5.74, 6) is 1.04. The Hall–Kier alpha value is -4.31. The molecule has 4 heterocycles. The number of anilines is 1. The number of hydrogen-bond donors (Lipinski definition) is 1. The molecular formula is C28H28FN7O2. The predicted molar refractivity (Wildman–Crippen MR) is 142 cm³/mol. The van der Waals surface area contributed by atoms with Crippen molar-refractivity contribution >= 4 is 16.6 Å². The van der Waals surface area contributed by atoms with Gasteiger partial charge in [-0.15, -0.1) is 5.10 Å². The molecule has 0 bridgehead atoms. The summed E-state index contributed by atoms with van der Waals surface area (Å²) in [6.07, 6.45) is 1.62. The van der Waals surface area contributed by atoms with Crippen molar-refractivity contribution in [3.8, 4) is 0 Å². The zero-order chi connectivity index (χ0) is 26.2. The van der Waals surface area contributed by atoms with E-state index in [1.807, 2.05) is 32.0 Å². The molecule has 0 radical (unpaired) electrons. The first-order chi connectivity index (χ1) is 18.5. The maximum Gasteiger partial charge on any atom is 0.253 e. The van der Waals surface area contributed by atoms with Crippen LogP contribution in [0.3, 0.4) is 0 Å². The van der Waals surface area contributed by atoms with Crippen molar-refractivity contribution in [3.63, 3.8) is 0 Å². The van der Waals surface area contributed by atoms with Crippen molar-refractivity contribution in [3.05, 3.63) is 105 Å². The Labute approximate surface area is 218 Å². The van der Waals surface area contributed by atoms with Gasteiger partial charge in [0.1, 0.15) is 24.2 Å². The monoisotopic (exact) mass is 513 g/mol. The second-order valence-electron chi connectivity index (χ2n) is 9.78. The molecule has 5 aromatic rings. The van der Waals surface area contributed by atoms with Crippen molar-refractivity contribution in [1.82, 2.24) is 30.1 Å². The fourth-order valence-electron chi connectivity index (χ4n) is 5.37. The number of halogens is 1. The second kappa shape index (κ2) is 9.86. The summed E-state index contributed by atoms with van der Waals surface area (Å²) < 4.78 is 20.7. The van der Waals surface area contributed by atoms with Crippen LogP contribution in [0.5, 0.6) is 0 Å². The molecule has 2 aromatic carbocycles. The van der Waals surface area contributed by atoms with Crippen LogP contribution in [0.1, 0.15) is 34.3 Å². The van der Waals surface area contributed by atoms with Gasteiger partial charge in [0.25, 0.3) is 5.56 Å². The van der Waals surface area contributed by atoms with Crippen molar-refractivity contribution in [1.29, 1.82) is 0 Å². The van der Waals surface area contributed by atoms with Crippen LogP contribution in [0.25, 0.3) is 10.9 Å². The molecule has 1 fully saturated rings. The van der Waals surface area contributed by atoms with E-state index in [9.17, 15) is 9.18 Å². The normalized spacial score (nSPS) is 15.3. The zero-order valence-electron chi connectivity index (χ0n) is 21.3. The van der Waals surface area contributed by atoms with E-state index in [0.717, 1.165) is 33.5 Å². The number of pyridine rings is 1. The third-order valence-electron chi connectivity index (χ3n) is 7.18. The minimum absolute atomic E-state index is 0.164. The highest BCUT2D eigenvalue weighted by Gasteiger charge is 2.33. The van der Waals surface area contributed by atoms with Gasteiger partial charge in [-0.2, -0.15) is 0 Å². The summed E-state index contributed by atoms with van der Waals surface area (Å²) in [4.78, 5) is 21.1. The lowest BCUT2D eigenvalue weighted by atomic mass is 10.00. The largest absolute Gasteiger partial charge is 0.467 e. The van der Waals surface area contributed by atoms with Crippen molar-refractivity contribution in [2.24, 2.45) is 0 Å². The predicted octanol–water partition coefficient (Wildman–Crippen LogP) is 3.82. The number of rotatable bonds is 6. The fraction of sp³-hybridized carbons (Fsp3) is 0.286. The van der Waals surface area contributed by atoms with Gasteiger partial charge < -0.3 is 14.3 Å². The molecule has 9 nitrogen and oxygen atoms in total. The molecule has 10 heteroatoms. The fourth-order valence-corrected chi connectivity index (χ4v) is 5.37. The number of aromatic nitrogens is 5. The number of aryl methyl sites for hydroxylation is 2. The zero-order valence-corrected chi connectivity index (χ0v) is 21.3. The van der Waals surface area contributed by atoms with Crippen LogP contribution in [0.4, 0.5) is 10.1 Å². The minimum atomic E-state index is -0.468. The summed E-state index contributed by atoms with van der Waals surface area (Å²) in [6, 6.07) is 15.9. The lowest BCUT2D eigenvalue weighted by molar-refractivity contribution is 0.200. The summed E-state index contributed by atoms with van der Waals surface area (Å²) in [6.45, 7) is 7.16. The topological polar surface area (TPSA) is 96.1 Å². The van der Waals surface area contributed by atoms with Gasteiger partial charge in [0.2, 0.25) is 0 Å². The number of fused-ring (bicyclic) bond motifs is 1. The second-order valence-corrected chi connectivity index (χ2v) is 9.78. The average Bonchev–Trinajstić information content (AvgIpc) is 3.59. The van der Waals surface area contributed by atoms with Gasteiger partial charge in [-0.25, -0.2) is 9.07 Å². The van der Waals surface area contributed by atoms with Gasteiger partial charge in [-0.1, -0.05) is 11.6 Å². The highest BCUT2D eigenvalue weighted by atomic mass is 19.1. The number of nitrogens with one attached hydrogen (secondary N) is 1. The van der Waals surface area contributed by atoms with Gasteiger partial charge in [0.15, 0.2) is 5.82 Å². The molecule has 0 saturated carbocycles. The van der Waals surface area contributed by atoms with E-state index in [2.05, 4.69) is 42.4 Å². The number of benzene rings is 2. The molecule has 0 aliphatic carbocycles. The summed E-state index contributed by atoms with van der Waals surface area (Å²) in [7, 11) is 0. The Morgan fingerprint density at radius 3 is 2.58 bits per heavy atom. The maximum absolute atomic E-state index is 13.6. The molecule has 1 saturated heterocycles. The van der Waals surface area contributed by atoms with E-state index in [1.54, 1.807) is 23.1 Å². The van der Waals surface area contributed by atoms with Gasteiger partial charge in [0, 0.05) is 37.4 Å². The summed E-state index contributed by atoms with van der Waals surface area (Å²) >= 11 is 0. The first kappa shape index (κ1) is 24.1. The number of H-pyrrole nitrogens is 1. The van der Waals surface area contributed by atoms with Gasteiger partial charge in [-0.05, 0) is 83.8 Å². The first-order valence-corrected chi connectivity index (χ1v) is 12.6. The minimum Gasteiger partial charge on any atom is -0.467 e. The van der Waals surface area contributed by atoms with E-state index in [-0.39, 0.29) is 11.4 Å². The Balaban J connectivity index is 1.40. The molecule has 1 N–H and O–H groups in total. The number of aromatic amines is 1. The van der Waals surface area contributed by atoms with Gasteiger partial charge >= 0.3 is 0 Å². The van der Waals surface area contributed by atoms with Crippen molar-refractivity contribution in [2.45, 2.75) is 26.4 Å². The number of hydrogen-bond acceptors (Lipinski definition) is 7. The first-order valence-electron chi connectivity index (χ1n) is 12.6. The van der Waals surface area contributed by atoms with Gasteiger partial charge in [0.05, 0.1) is 11.8 Å². The number of tetrazole rings is 1. The molecule has 0 unspecified atom stereocenters. The number of furan rings is 1. The molecule has 1 atom stereocenters. The van der Waals surface area contributed by atoms with Crippen LogP contribution in [-0.2, 0) is 6.54 Å². The van der Waals surface area contributed by atoms with Crippen LogP contribution >= 0.6 is 0 Å². The number of piperazine rings is 1. The lowest BCUT2D eigenvalue weighted by Gasteiger charge is -2.39. The highest BCUT2D eigenvalue weighted by Crippen LogP contribution is 2.30. The molecule has 1 aliphatic heterocycles. The third-order valence-corrected chi connectivity index (χ3v) is 7.18. The Kier molecular flexibility index (Phi) is 6.24. The van der Waals surface area contributed by atoms with E-state index in [1.165, 1.54) is 12.1 Å².